The third kappa shape index (κ3) is 5.18. The fourth-order valence-corrected chi connectivity index (χ4v) is 3.09. The van der Waals surface area contributed by atoms with Gasteiger partial charge in [0.15, 0.2) is 5.11 Å². The van der Waals surface area contributed by atoms with Gasteiger partial charge in [-0.2, -0.15) is 5.10 Å². The second-order valence-corrected chi connectivity index (χ2v) is 7.11. The Bertz CT molecular complexity index is 978. The van der Waals surface area contributed by atoms with E-state index in [2.05, 4.69) is 40.3 Å². The van der Waals surface area contributed by atoms with Crippen LogP contribution in [0.25, 0.3) is 0 Å². The van der Waals surface area contributed by atoms with E-state index in [1.54, 1.807) is 6.21 Å². The van der Waals surface area contributed by atoms with Crippen LogP contribution in [0.15, 0.2) is 65.9 Å². The molecule has 0 aliphatic carbocycles. The highest BCUT2D eigenvalue weighted by Crippen LogP contribution is 2.17. The molecule has 27 heavy (non-hydrogen) atoms. The molecule has 0 bridgehead atoms. The van der Waals surface area contributed by atoms with Crippen molar-refractivity contribution >= 4 is 40.8 Å². The third-order valence-electron chi connectivity index (χ3n) is 4.32. The highest BCUT2D eigenvalue weighted by Gasteiger charge is 2.03. The van der Waals surface area contributed by atoms with Gasteiger partial charge in [-0.25, -0.2) is 0 Å². The van der Waals surface area contributed by atoms with Crippen LogP contribution in [-0.2, 0) is 6.54 Å². The predicted molar refractivity (Wildman–Crippen MR) is 118 cm³/mol. The van der Waals surface area contributed by atoms with E-state index in [0.717, 1.165) is 28.5 Å². The molecule has 0 unspecified atom stereocenters. The molecule has 1 heterocycles. The summed E-state index contributed by atoms with van der Waals surface area (Å²) in [6, 6.07) is 17.9. The summed E-state index contributed by atoms with van der Waals surface area (Å²) in [7, 11) is 0. The third-order valence-corrected chi connectivity index (χ3v) is 4.75. The molecule has 0 spiro atoms. The quantitative estimate of drug-likeness (QED) is 0.357. The first-order valence-corrected chi connectivity index (χ1v) is 9.37. The van der Waals surface area contributed by atoms with Crippen LogP contribution in [0.1, 0.15) is 22.4 Å². The van der Waals surface area contributed by atoms with Gasteiger partial charge < -0.3 is 9.88 Å². The molecule has 3 aromatic rings. The van der Waals surface area contributed by atoms with Gasteiger partial charge in [0.25, 0.3) is 0 Å². The fraction of sp³-hybridized carbons (Fsp3) is 0.143. The van der Waals surface area contributed by atoms with Crippen molar-refractivity contribution in [1.29, 1.82) is 0 Å². The van der Waals surface area contributed by atoms with Crippen LogP contribution < -0.4 is 10.7 Å². The maximum absolute atomic E-state index is 6.06. The van der Waals surface area contributed by atoms with E-state index in [4.69, 9.17) is 23.8 Å². The van der Waals surface area contributed by atoms with Crippen LogP contribution in [0.3, 0.4) is 0 Å². The summed E-state index contributed by atoms with van der Waals surface area (Å²) >= 11 is 11.4. The average Bonchev–Trinajstić information content (AvgIpc) is 3.06. The Labute approximate surface area is 169 Å². The number of benzene rings is 2. The van der Waals surface area contributed by atoms with Crippen molar-refractivity contribution in [3.8, 4) is 0 Å². The molecule has 2 aromatic carbocycles. The lowest BCUT2D eigenvalue weighted by atomic mass is 10.1. The van der Waals surface area contributed by atoms with E-state index < -0.39 is 0 Å². The summed E-state index contributed by atoms with van der Waals surface area (Å²) in [5, 5.41) is 8.62. The number of anilines is 1. The normalized spacial score (nSPS) is 10.9. The van der Waals surface area contributed by atoms with Crippen LogP contribution in [0, 0.1) is 13.8 Å². The van der Waals surface area contributed by atoms with Gasteiger partial charge in [-0.1, -0.05) is 35.9 Å². The van der Waals surface area contributed by atoms with Crippen LogP contribution in [0.2, 0.25) is 5.02 Å². The smallest absolute Gasteiger partial charge is 0.191 e. The lowest BCUT2D eigenvalue weighted by Crippen LogP contribution is -2.24. The zero-order valence-electron chi connectivity index (χ0n) is 15.2. The number of hydrogen-bond acceptors (Lipinski definition) is 2. The standard InChI is InChI=1S/C21H21ClN4S/c1-15-6-3-10-20(16(15)2)24-21(27)25-23-13-19-9-5-11-26(19)14-17-7-4-8-18(22)12-17/h3-13H,14H2,1-2H3,(H2,24,25,27). The van der Waals surface area contributed by atoms with Crippen LogP contribution in [-0.4, -0.2) is 15.9 Å². The molecule has 0 radical (unpaired) electrons. The van der Waals surface area contributed by atoms with Crippen molar-refractivity contribution in [2.75, 3.05) is 5.32 Å². The summed E-state index contributed by atoms with van der Waals surface area (Å²) in [4.78, 5) is 0. The minimum atomic E-state index is 0.452. The Morgan fingerprint density at radius 3 is 2.78 bits per heavy atom. The maximum Gasteiger partial charge on any atom is 0.191 e. The number of rotatable bonds is 5. The molecule has 0 saturated carbocycles. The number of aryl methyl sites for hydroxylation is 1. The number of halogens is 1. The van der Waals surface area contributed by atoms with Crippen molar-refractivity contribution < 1.29 is 0 Å². The van der Waals surface area contributed by atoms with Gasteiger partial charge in [-0.15, -0.1) is 0 Å². The Hall–Kier alpha value is -2.63. The SMILES string of the molecule is Cc1cccc(NC(=S)NN=Cc2cccn2Cc2cccc(Cl)c2)c1C. The molecular formula is C21H21ClN4S. The first-order valence-electron chi connectivity index (χ1n) is 8.59. The highest BCUT2D eigenvalue weighted by molar-refractivity contribution is 7.80. The van der Waals surface area contributed by atoms with Gasteiger partial charge >= 0.3 is 0 Å². The number of nitrogens with one attached hydrogen (secondary N) is 2. The number of thiocarbonyl (C=S) groups is 1. The van der Waals surface area contributed by atoms with E-state index in [0.29, 0.717) is 5.11 Å². The van der Waals surface area contributed by atoms with Crippen molar-refractivity contribution in [2.45, 2.75) is 20.4 Å². The molecule has 0 aliphatic heterocycles. The molecule has 138 valence electrons. The Morgan fingerprint density at radius 1 is 1.15 bits per heavy atom. The molecule has 2 N–H and O–H groups in total. The number of aromatic nitrogens is 1. The van der Waals surface area contributed by atoms with Crippen molar-refractivity contribution in [3.63, 3.8) is 0 Å². The van der Waals surface area contributed by atoms with E-state index in [9.17, 15) is 0 Å². The zero-order valence-corrected chi connectivity index (χ0v) is 16.8. The summed E-state index contributed by atoms with van der Waals surface area (Å²) in [5.74, 6) is 0. The lowest BCUT2D eigenvalue weighted by molar-refractivity contribution is 0.799. The largest absolute Gasteiger partial charge is 0.342 e. The van der Waals surface area contributed by atoms with E-state index in [1.807, 2.05) is 54.7 Å². The first-order chi connectivity index (χ1) is 13.0. The molecular weight excluding hydrogens is 376 g/mol. The molecule has 0 saturated heterocycles. The fourth-order valence-electron chi connectivity index (χ4n) is 2.71. The van der Waals surface area contributed by atoms with Gasteiger partial charge in [0.1, 0.15) is 0 Å². The monoisotopic (exact) mass is 396 g/mol. The lowest BCUT2D eigenvalue weighted by Gasteiger charge is -2.11. The van der Waals surface area contributed by atoms with E-state index in [-0.39, 0.29) is 0 Å². The van der Waals surface area contributed by atoms with Crippen molar-refractivity contribution in [2.24, 2.45) is 5.10 Å². The number of hydrazone groups is 1. The van der Waals surface area contributed by atoms with Gasteiger partial charge in [0, 0.05) is 23.5 Å². The first kappa shape index (κ1) is 19.1. The molecule has 0 fully saturated rings. The van der Waals surface area contributed by atoms with E-state index in [1.165, 1.54) is 11.1 Å². The molecule has 4 nitrogen and oxygen atoms in total. The molecule has 0 aliphatic rings. The van der Waals surface area contributed by atoms with Crippen LogP contribution in [0.4, 0.5) is 5.69 Å². The second kappa shape index (κ2) is 8.84. The zero-order chi connectivity index (χ0) is 19.2. The summed E-state index contributed by atoms with van der Waals surface area (Å²) < 4.78 is 2.10. The maximum atomic E-state index is 6.06. The van der Waals surface area contributed by atoms with Gasteiger partial charge in [-0.05, 0) is 73.1 Å². The Balaban J connectivity index is 1.61. The van der Waals surface area contributed by atoms with Crippen LogP contribution >= 0.6 is 23.8 Å². The molecule has 1 aromatic heterocycles. The summed E-state index contributed by atoms with van der Waals surface area (Å²) in [5.41, 5.74) is 8.33. The molecule has 0 atom stereocenters. The molecule has 3 rings (SSSR count). The summed E-state index contributed by atoms with van der Waals surface area (Å²) in [6.45, 7) is 4.86. The minimum absolute atomic E-state index is 0.452. The van der Waals surface area contributed by atoms with E-state index >= 15 is 0 Å². The molecule has 6 heteroatoms. The number of nitrogens with zero attached hydrogens (tertiary/aromatic N) is 2. The number of hydrogen-bond donors (Lipinski definition) is 2. The topological polar surface area (TPSA) is 41.4 Å². The molecule has 0 amide bonds. The van der Waals surface area contributed by atoms with Gasteiger partial charge in [0.2, 0.25) is 0 Å². The van der Waals surface area contributed by atoms with Crippen molar-refractivity contribution in [3.05, 3.63) is 88.2 Å². The Kier molecular flexibility index (Phi) is 6.27. The van der Waals surface area contributed by atoms with Crippen LogP contribution in [0.5, 0.6) is 0 Å². The highest BCUT2D eigenvalue weighted by atomic mass is 35.5. The van der Waals surface area contributed by atoms with Gasteiger partial charge in [0.05, 0.1) is 11.9 Å². The second-order valence-electron chi connectivity index (χ2n) is 6.26. The van der Waals surface area contributed by atoms with Gasteiger partial charge in [-0.3, -0.25) is 5.43 Å². The minimum Gasteiger partial charge on any atom is -0.342 e. The summed E-state index contributed by atoms with van der Waals surface area (Å²) in [6.07, 6.45) is 3.76. The average molecular weight is 397 g/mol. The van der Waals surface area contributed by atoms with Crippen molar-refractivity contribution in [1.82, 2.24) is 9.99 Å². The Morgan fingerprint density at radius 2 is 1.96 bits per heavy atom. The predicted octanol–water partition coefficient (Wildman–Crippen LogP) is 5.13.